The van der Waals surface area contributed by atoms with Crippen LogP contribution in [0.3, 0.4) is 0 Å². The fourth-order valence-electron chi connectivity index (χ4n) is 9.18. The number of ketones is 2. The number of allylic oxidation sites excluding steroid dienone is 3. The second-order valence-electron chi connectivity index (χ2n) is 18.7. The molecule has 0 amide bonds. The number of aliphatic hydroxyl groups excluding tert-OH is 2. The smallest absolute Gasteiger partial charge is 0.156 e. The maximum atomic E-state index is 12.6. The van der Waals surface area contributed by atoms with Crippen LogP contribution < -0.4 is 0 Å². The average Bonchev–Trinajstić information content (AvgIpc) is 4.02. The summed E-state index contributed by atoms with van der Waals surface area (Å²) in [4.78, 5) is 31.3. The molecule has 10 heteroatoms. The topological polar surface area (TPSA) is 100 Å². The van der Waals surface area contributed by atoms with Gasteiger partial charge >= 0.3 is 0 Å². The summed E-state index contributed by atoms with van der Waals surface area (Å²) >= 11 is 0. The Morgan fingerprint density at radius 2 is 1.01 bits per heavy atom. The summed E-state index contributed by atoms with van der Waals surface area (Å²) in [6.07, 6.45) is 15.8. The number of unbranched alkanes of at least 4 members (excludes halogenated alkanes) is 5. The Bertz CT molecular complexity index is 3510. The van der Waals surface area contributed by atoms with Crippen LogP contribution in [0.1, 0.15) is 88.0 Å². The van der Waals surface area contributed by atoms with Crippen LogP contribution in [-0.4, -0.2) is 31.7 Å². The molecule has 0 bridgehead atoms. The van der Waals surface area contributed by atoms with Crippen LogP contribution in [0.15, 0.2) is 229 Å². The van der Waals surface area contributed by atoms with E-state index in [0.717, 1.165) is 75.2 Å². The van der Waals surface area contributed by atoms with Crippen molar-refractivity contribution in [3.8, 4) is 55.9 Å². The van der Waals surface area contributed by atoms with E-state index in [-0.39, 0.29) is 74.9 Å². The Hall–Kier alpha value is -8.38. The zero-order chi connectivity index (χ0) is 56.0. The molecular formula is C71H58F2Ir2N2O4-2. The molecule has 2 aromatic heterocycles. The molecule has 0 atom stereocenters. The number of hydrogen-bond acceptors (Lipinski definition) is 6. The summed E-state index contributed by atoms with van der Waals surface area (Å²) in [5, 5.41) is 20.8. The van der Waals surface area contributed by atoms with Crippen LogP contribution in [0.25, 0.3) is 67.4 Å². The number of halogens is 2. The van der Waals surface area contributed by atoms with E-state index in [0.29, 0.717) is 11.1 Å². The van der Waals surface area contributed by atoms with Crippen molar-refractivity contribution in [3.05, 3.63) is 275 Å². The number of hydrogen-bond donors (Lipinski definition) is 2. The number of pyridine rings is 2. The van der Waals surface area contributed by atoms with Gasteiger partial charge in [0, 0.05) is 92.9 Å². The predicted molar refractivity (Wildman–Crippen MR) is 312 cm³/mol. The maximum absolute atomic E-state index is 12.6. The first-order valence-electron chi connectivity index (χ1n) is 26.0. The number of rotatable bonds is 16. The molecular weight excluding hydrogens is 1370 g/mol. The number of nitrogens with zero attached hydrogens (tertiary/aromatic N) is 2. The average molecular weight is 1430 g/mol. The Labute approximate surface area is 500 Å². The number of carbonyl (C=O) groups is 2. The Kier molecular flexibility index (Phi) is 25.1. The van der Waals surface area contributed by atoms with Gasteiger partial charge in [0.2, 0.25) is 0 Å². The molecule has 1 aliphatic carbocycles. The molecule has 0 fully saturated rings. The van der Waals surface area contributed by atoms with E-state index in [1.54, 1.807) is 24.5 Å². The number of aromatic nitrogens is 2. The number of aliphatic hydroxyl groups is 2. The van der Waals surface area contributed by atoms with Crippen LogP contribution in [-0.2, 0) is 55.2 Å². The van der Waals surface area contributed by atoms with Gasteiger partial charge in [-0.05, 0) is 136 Å². The van der Waals surface area contributed by atoms with Gasteiger partial charge in [-0.25, -0.2) is 0 Å². The fraction of sp³-hybridized carbons (Fsp3) is 0.155. The standard InChI is InChI=1S/C49H44O4.2C11H7FN.2Ir/c1-5-7-9-11-13-15-29-49(30-16-14-12-10-8-6-2)45-33-41(37-17-21-39(22-18-37)47(52)31-35(3)50)25-27-43(45)44-28-26-42(34-46(44)49)38-19-23-40(24-20-38)48(53)32-36(4)51;2*12-10-6-4-9(5-7-10)11-3-1-2-8-13-11;;/h17-29,31-34,52-53H,1,6,8,10,12,14,16,30H2,2-4H3;2*1-4,6-8H;;/q;2*-1;;/b47-31-,48-32-;;;;. The third kappa shape index (κ3) is 17.8. The summed E-state index contributed by atoms with van der Waals surface area (Å²) in [5.41, 5.74) is 29.7. The first-order valence-corrected chi connectivity index (χ1v) is 26.0. The van der Waals surface area contributed by atoms with Gasteiger partial charge in [0.15, 0.2) is 11.6 Å². The largest absolute Gasteiger partial charge is 0.507 e. The number of carbonyl (C=O) groups excluding carboxylic acids is 2. The molecule has 2 N–H and O–H groups in total. The summed E-state index contributed by atoms with van der Waals surface area (Å²) in [5.74, 6) is -1.10. The summed E-state index contributed by atoms with van der Waals surface area (Å²) in [7, 11) is 0. The van der Waals surface area contributed by atoms with Crippen LogP contribution in [0.4, 0.5) is 8.78 Å². The molecule has 0 saturated carbocycles. The van der Waals surface area contributed by atoms with Gasteiger partial charge in [-0.1, -0.05) is 154 Å². The summed E-state index contributed by atoms with van der Waals surface area (Å²) < 4.78 is 25.1. The minimum absolute atomic E-state index is 0. The van der Waals surface area contributed by atoms with E-state index in [2.05, 4.69) is 112 Å². The van der Waals surface area contributed by atoms with E-state index >= 15 is 0 Å². The van der Waals surface area contributed by atoms with Crippen molar-refractivity contribution in [2.45, 2.75) is 71.1 Å². The molecule has 0 unspecified atom stereocenters. The Balaban J connectivity index is 0.000000347. The van der Waals surface area contributed by atoms with E-state index in [1.807, 2.05) is 84.9 Å². The van der Waals surface area contributed by atoms with Gasteiger partial charge in [-0.2, -0.15) is 0 Å². The third-order valence-electron chi connectivity index (χ3n) is 13.0. The van der Waals surface area contributed by atoms with Crippen molar-refractivity contribution in [3.63, 3.8) is 0 Å². The first kappa shape index (κ1) is 63.5. The van der Waals surface area contributed by atoms with Crippen molar-refractivity contribution in [1.82, 2.24) is 9.97 Å². The fourth-order valence-corrected chi connectivity index (χ4v) is 9.18. The molecule has 81 heavy (non-hydrogen) atoms. The minimum Gasteiger partial charge on any atom is -0.507 e. The monoisotopic (exact) mass is 1430 g/mol. The van der Waals surface area contributed by atoms with Gasteiger partial charge in [-0.3, -0.25) is 18.4 Å². The zero-order valence-electron chi connectivity index (χ0n) is 45.1. The van der Waals surface area contributed by atoms with E-state index < -0.39 is 5.41 Å². The Morgan fingerprint density at radius 1 is 0.568 bits per heavy atom. The van der Waals surface area contributed by atoms with E-state index in [1.165, 1.54) is 87.1 Å². The SMILES string of the molecule is C=C=C=C=C=C=C=CC1(CCCCCCCC)c2cc(-c3ccc(/C(O)=C/C(C)=O)cc3)ccc2-c2ccc(-c3ccc(/C(O)=C/C(C)=O)cc3)cc21.Fc1c[c-]c(-c2ccccn2)cc1.Fc1c[c-]c(-c2ccccn2)cc1.[Ir].[Ir]. The van der Waals surface area contributed by atoms with Gasteiger partial charge in [0.1, 0.15) is 11.5 Å². The van der Waals surface area contributed by atoms with Crippen molar-refractivity contribution in [1.29, 1.82) is 0 Å². The van der Waals surface area contributed by atoms with Crippen LogP contribution in [0, 0.1) is 23.8 Å². The molecule has 6 aromatic carbocycles. The Morgan fingerprint density at radius 3 is 1.42 bits per heavy atom. The van der Waals surface area contributed by atoms with Gasteiger partial charge in [-0.15, -0.1) is 59.7 Å². The van der Waals surface area contributed by atoms with Gasteiger partial charge in [0.25, 0.3) is 0 Å². The van der Waals surface area contributed by atoms with Crippen molar-refractivity contribution >= 4 is 23.1 Å². The van der Waals surface area contributed by atoms with Crippen molar-refractivity contribution in [2.75, 3.05) is 0 Å². The van der Waals surface area contributed by atoms with Crippen molar-refractivity contribution in [2.24, 2.45) is 0 Å². The molecule has 0 aliphatic heterocycles. The zero-order valence-corrected chi connectivity index (χ0v) is 49.9. The summed E-state index contributed by atoms with van der Waals surface area (Å²) in [6.45, 7) is 8.58. The maximum Gasteiger partial charge on any atom is 0.156 e. The van der Waals surface area contributed by atoms with Crippen LogP contribution in [0.5, 0.6) is 0 Å². The summed E-state index contributed by atoms with van der Waals surface area (Å²) in [6, 6.07) is 53.9. The second kappa shape index (κ2) is 32.0. The molecule has 0 spiro atoms. The van der Waals surface area contributed by atoms with E-state index in [9.17, 15) is 28.6 Å². The van der Waals surface area contributed by atoms with Crippen molar-refractivity contribution < 1.29 is 68.8 Å². The first-order chi connectivity index (χ1) is 38.4. The number of benzene rings is 6. The minimum atomic E-state index is -0.529. The molecule has 2 radical (unpaired) electrons. The third-order valence-corrected chi connectivity index (χ3v) is 13.0. The molecule has 2 heterocycles. The molecule has 1 aliphatic rings. The van der Waals surface area contributed by atoms with Crippen LogP contribution >= 0.6 is 0 Å². The molecule has 9 rings (SSSR count). The van der Waals surface area contributed by atoms with Gasteiger partial charge in [0.05, 0.1) is 0 Å². The van der Waals surface area contributed by atoms with Crippen LogP contribution in [0.2, 0.25) is 0 Å². The van der Waals surface area contributed by atoms with E-state index in [4.69, 9.17) is 0 Å². The normalized spacial score (nSPS) is 11.4. The molecule has 410 valence electrons. The molecule has 6 nitrogen and oxygen atoms in total. The quantitative estimate of drug-likeness (QED) is 0.0329. The predicted octanol–water partition coefficient (Wildman–Crippen LogP) is 17.5. The molecule has 8 aromatic rings. The van der Waals surface area contributed by atoms with Gasteiger partial charge < -0.3 is 20.2 Å². The molecule has 0 saturated heterocycles. The number of fused-ring (bicyclic) bond motifs is 3. The second-order valence-corrected chi connectivity index (χ2v) is 18.7.